The number of nitrogens with zero attached hydrogens (tertiary/aromatic N) is 2. The van der Waals surface area contributed by atoms with Gasteiger partial charge in [0.15, 0.2) is 0 Å². The summed E-state index contributed by atoms with van der Waals surface area (Å²) in [4.78, 5) is 0. The monoisotopic (exact) mass is 207 g/mol. The molecule has 1 aliphatic rings. The summed E-state index contributed by atoms with van der Waals surface area (Å²) in [5.41, 5.74) is 4.00. The van der Waals surface area contributed by atoms with Crippen molar-refractivity contribution in [3.8, 4) is 0 Å². The second-order valence-electron chi connectivity index (χ2n) is 4.68. The summed E-state index contributed by atoms with van der Waals surface area (Å²) in [6.07, 6.45) is 3.76. The lowest BCUT2D eigenvalue weighted by Gasteiger charge is -2.21. The largest absolute Gasteiger partial charge is 0.317 e. The van der Waals surface area contributed by atoms with Crippen molar-refractivity contribution in [1.82, 2.24) is 15.1 Å². The SMILES string of the molecule is Cc1c(CC2CCNCC2)nn(C)c1C. The van der Waals surface area contributed by atoms with Crippen LogP contribution in [-0.4, -0.2) is 22.9 Å². The van der Waals surface area contributed by atoms with Gasteiger partial charge in [-0.3, -0.25) is 4.68 Å². The van der Waals surface area contributed by atoms with E-state index in [-0.39, 0.29) is 0 Å². The first-order valence-electron chi connectivity index (χ1n) is 5.88. The Morgan fingerprint density at radius 2 is 2.00 bits per heavy atom. The Morgan fingerprint density at radius 1 is 1.33 bits per heavy atom. The van der Waals surface area contributed by atoms with Crippen LogP contribution in [0.25, 0.3) is 0 Å². The zero-order valence-corrected chi connectivity index (χ0v) is 10.0. The number of rotatable bonds is 2. The van der Waals surface area contributed by atoms with Crippen molar-refractivity contribution >= 4 is 0 Å². The molecule has 0 atom stereocenters. The average molecular weight is 207 g/mol. The highest BCUT2D eigenvalue weighted by atomic mass is 15.3. The van der Waals surface area contributed by atoms with Crippen LogP contribution in [0.2, 0.25) is 0 Å². The van der Waals surface area contributed by atoms with Gasteiger partial charge in [0, 0.05) is 12.7 Å². The van der Waals surface area contributed by atoms with Gasteiger partial charge < -0.3 is 5.32 Å². The molecule has 0 radical (unpaired) electrons. The number of nitrogens with one attached hydrogen (secondary N) is 1. The van der Waals surface area contributed by atoms with Crippen molar-refractivity contribution < 1.29 is 0 Å². The molecule has 0 unspecified atom stereocenters. The Hall–Kier alpha value is -0.830. The minimum absolute atomic E-state index is 0.833. The van der Waals surface area contributed by atoms with Crippen LogP contribution >= 0.6 is 0 Å². The third kappa shape index (κ3) is 2.23. The van der Waals surface area contributed by atoms with Gasteiger partial charge in [-0.05, 0) is 57.7 Å². The lowest BCUT2D eigenvalue weighted by Crippen LogP contribution is -2.28. The molecular weight excluding hydrogens is 186 g/mol. The van der Waals surface area contributed by atoms with E-state index in [0.29, 0.717) is 0 Å². The molecule has 1 aliphatic heterocycles. The molecule has 1 aromatic heterocycles. The third-order valence-corrected chi connectivity index (χ3v) is 3.67. The number of hydrogen-bond acceptors (Lipinski definition) is 2. The second-order valence-corrected chi connectivity index (χ2v) is 4.68. The highest BCUT2D eigenvalue weighted by Gasteiger charge is 2.17. The molecule has 0 saturated carbocycles. The molecule has 0 bridgehead atoms. The molecule has 0 spiro atoms. The van der Waals surface area contributed by atoms with Crippen LogP contribution in [0.3, 0.4) is 0 Å². The summed E-state index contributed by atoms with van der Waals surface area (Å²) in [6, 6.07) is 0. The van der Waals surface area contributed by atoms with Crippen LogP contribution in [0.5, 0.6) is 0 Å². The third-order valence-electron chi connectivity index (χ3n) is 3.67. The van der Waals surface area contributed by atoms with Gasteiger partial charge in [-0.2, -0.15) is 5.10 Å². The van der Waals surface area contributed by atoms with Gasteiger partial charge in [0.1, 0.15) is 0 Å². The van der Waals surface area contributed by atoms with Gasteiger partial charge in [-0.25, -0.2) is 0 Å². The Bertz CT molecular complexity index is 335. The maximum Gasteiger partial charge on any atom is 0.0659 e. The van der Waals surface area contributed by atoms with Crippen molar-refractivity contribution in [1.29, 1.82) is 0 Å². The molecule has 3 nitrogen and oxygen atoms in total. The molecule has 0 aromatic carbocycles. The summed E-state index contributed by atoms with van der Waals surface area (Å²) in [5.74, 6) is 0.833. The Balaban J connectivity index is 2.06. The highest BCUT2D eigenvalue weighted by molar-refractivity contribution is 5.23. The molecule has 3 heteroatoms. The molecule has 0 aliphatic carbocycles. The van der Waals surface area contributed by atoms with Crippen molar-refractivity contribution in [2.75, 3.05) is 13.1 Å². The highest BCUT2D eigenvalue weighted by Crippen LogP contribution is 2.20. The van der Waals surface area contributed by atoms with Crippen molar-refractivity contribution in [3.63, 3.8) is 0 Å². The zero-order chi connectivity index (χ0) is 10.8. The van der Waals surface area contributed by atoms with E-state index >= 15 is 0 Å². The molecule has 0 amide bonds. The first-order valence-corrected chi connectivity index (χ1v) is 5.88. The zero-order valence-electron chi connectivity index (χ0n) is 10.0. The number of aromatic nitrogens is 2. The first kappa shape index (κ1) is 10.7. The van der Waals surface area contributed by atoms with Gasteiger partial charge >= 0.3 is 0 Å². The van der Waals surface area contributed by atoms with Gasteiger partial charge in [0.25, 0.3) is 0 Å². The quantitative estimate of drug-likeness (QED) is 0.798. The molecule has 84 valence electrons. The minimum Gasteiger partial charge on any atom is -0.317 e. The van der Waals surface area contributed by atoms with Crippen LogP contribution in [0.4, 0.5) is 0 Å². The first-order chi connectivity index (χ1) is 7.18. The van der Waals surface area contributed by atoms with E-state index in [1.807, 2.05) is 11.7 Å². The topological polar surface area (TPSA) is 29.9 Å². The number of hydrogen-bond donors (Lipinski definition) is 1. The van der Waals surface area contributed by atoms with E-state index in [0.717, 1.165) is 12.3 Å². The number of piperidine rings is 1. The maximum atomic E-state index is 4.60. The lowest BCUT2D eigenvalue weighted by molar-refractivity contribution is 0.369. The summed E-state index contributed by atoms with van der Waals surface area (Å²) in [7, 11) is 2.04. The van der Waals surface area contributed by atoms with E-state index in [2.05, 4.69) is 24.3 Å². The Labute approximate surface area is 91.9 Å². The fourth-order valence-corrected chi connectivity index (χ4v) is 2.34. The van der Waals surface area contributed by atoms with E-state index in [4.69, 9.17) is 0 Å². The average Bonchev–Trinajstić information content (AvgIpc) is 2.48. The molecule has 1 fully saturated rings. The van der Waals surface area contributed by atoms with Crippen LogP contribution in [0.1, 0.15) is 29.8 Å². The van der Waals surface area contributed by atoms with Gasteiger partial charge in [-0.15, -0.1) is 0 Å². The predicted molar refractivity (Wildman–Crippen MR) is 62.0 cm³/mol. The minimum atomic E-state index is 0.833. The van der Waals surface area contributed by atoms with Crippen molar-refractivity contribution in [2.45, 2.75) is 33.1 Å². The van der Waals surface area contributed by atoms with Gasteiger partial charge in [0.2, 0.25) is 0 Å². The molecular formula is C12H21N3. The van der Waals surface area contributed by atoms with Crippen LogP contribution in [0.15, 0.2) is 0 Å². The Morgan fingerprint density at radius 3 is 2.53 bits per heavy atom. The maximum absolute atomic E-state index is 4.60. The Kier molecular flexibility index (Phi) is 3.10. The molecule has 1 saturated heterocycles. The molecule has 1 N–H and O–H groups in total. The lowest BCUT2D eigenvalue weighted by atomic mass is 9.92. The van der Waals surface area contributed by atoms with E-state index < -0.39 is 0 Å². The summed E-state index contributed by atoms with van der Waals surface area (Å²) < 4.78 is 2.01. The van der Waals surface area contributed by atoms with Crippen molar-refractivity contribution in [2.24, 2.45) is 13.0 Å². The van der Waals surface area contributed by atoms with E-state index in [1.54, 1.807) is 0 Å². The van der Waals surface area contributed by atoms with E-state index in [1.165, 1.54) is 42.9 Å². The van der Waals surface area contributed by atoms with Gasteiger partial charge in [-0.1, -0.05) is 0 Å². The second kappa shape index (κ2) is 4.35. The predicted octanol–water partition coefficient (Wildman–Crippen LogP) is 1.58. The van der Waals surface area contributed by atoms with E-state index in [9.17, 15) is 0 Å². The van der Waals surface area contributed by atoms with Gasteiger partial charge in [0.05, 0.1) is 5.69 Å². The molecule has 2 heterocycles. The smallest absolute Gasteiger partial charge is 0.0659 e. The normalized spacial score (nSPS) is 18.3. The summed E-state index contributed by atoms with van der Waals surface area (Å²) in [5, 5.41) is 8.01. The number of aryl methyl sites for hydroxylation is 1. The van der Waals surface area contributed by atoms with Crippen LogP contribution < -0.4 is 5.32 Å². The molecule has 1 aromatic rings. The summed E-state index contributed by atoms with van der Waals surface area (Å²) in [6.45, 7) is 6.69. The van der Waals surface area contributed by atoms with Crippen LogP contribution in [-0.2, 0) is 13.5 Å². The standard InChI is InChI=1S/C12H21N3/c1-9-10(2)15(3)14-12(9)8-11-4-6-13-7-5-11/h11,13H,4-8H2,1-3H3. The molecule has 15 heavy (non-hydrogen) atoms. The van der Waals surface area contributed by atoms with Crippen molar-refractivity contribution in [3.05, 3.63) is 17.0 Å². The van der Waals surface area contributed by atoms with Crippen LogP contribution in [0, 0.1) is 19.8 Å². The fraction of sp³-hybridized carbons (Fsp3) is 0.750. The summed E-state index contributed by atoms with van der Waals surface area (Å²) >= 11 is 0. The molecule has 2 rings (SSSR count). The fourth-order valence-electron chi connectivity index (χ4n) is 2.34.